The lowest BCUT2D eigenvalue weighted by Crippen LogP contribution is -2.42. The Morgan fingerprint density at radius 3 is 2.43 bits per heavy atom. The van der Waals surface area contributed by atoms with Crippen molar-refractivity contribution in [2.75, 3.05) is 13.2 Å². The molecule has 14 heavy (non-hydrogen) atoms. The lowest BCUT2D eigenvalue weighted by atomic mass is 9.77. The third-order valence-electron chi connectivity index (χ3n) is 4.02. The van der Waals surface area contributed by atoms with Crippen molar-refractivity contribution in [1.82, 2.24) is 0 Å². The summed E-state index contributed by atoms with van der Waals surface area (Å²) in [5.74, 6) is 0.977. The zero-order chi connectivity index (χ0) is 9.86. The van der Waals surface area contributed by atoms with E-state index < -0.39 is 0 Å². The van der Waals surface area contributed by atoms with Crippen LogP contribution in [0.5, 0.6) is 0 Å². The minimum absolute atomic E-state index is 0.207. The van der Waals surface area contributed by atoms with Gasteiger partial charge in [0, 0.05) is 6.61 Å². The quantitative estimate of drug-likeness (QED) is 0.710. The van der Waals surface area contributed by atoms with E-state index in [-0.39, 0.29) is 5.60 Å². The van der Waals surface area contributed by atoms with Gasteiger partial charge in [-0.3, -0.25) is 0 Å². The number of ether oxygens (including phenoxy) is 1. The van der Waals surface area contributed by atoms with Gasteiger partial charge in [0.2, 0.25) is 0 Å². The average Bonchev–Trinajstić information content (AvgIpc) is 2.04. The molecule has 2 heteroatoms. The molecule has 0 amide bonds. The van der Waals surface area contributed by atoms with E-state index in [1.807, 2.05) is 0 Å². The summed E-state index contributed by atoms with van der Waals surface area (Å²) in [6, 6.07) is 0. The van der Waals surface area contributed by atoms with Crippen LogP contribution in [0.2, 0.25) is 0 Å². The van der Waals surface area contributed by atoms with Gasteiger partial charge in [0.15, 0.2) is 0 Å². The Morgan fingerprint density at radius 1 is 1.21 bits per heavy atom. The van der Waals surface area contributed by atoms with Crippen LogP contribution in [0.1, 0.15) is 51.4 Å². The predicted octanol–water partition coefficient (Wildman–Crippen LogP) is 2.46. The highest BCUT2D eigenvalue weighted by atomic mass is 16.5. The average molecular weight is 197 g/mol. The maximum absolute atomic E-state index is 6.03. The molecule has 0 bridgehead atoms. The maximum atomic E-state index is 6.03. The molecule has 0 spiro atoms. The van der Waals surface area contributed by atoms with Crippen LogP contribution >= 0.6 is 0 Å². The fraction of sp³-hybridized carbons (Fsp3) is 1.00. The standard InChI is InChI=1S/C12H23NO/c13-9-8-12(6-2-7-12)14-10-5-11-3-1-4-11/h11H,1-10,13H2. The first-order valence-electron chi connectivity index (χ1n) is 6.19. The van der Waals surface area contributed by atoms with Gasteiger partial charge in [-0.1, -0.05) is 19.3 Å². The molecule has 2 N–H and O–H groups in total. The van der Waals surface area contributed by atoms with Gasteiger partial charge in [-0.05, 0) is 44.6 Å². The molecule has 0 atom stereocenters. The molecule has 2 aliphatic rings. The van der Waals surface area contributed by atoms with Crippen molar-refractivity contribution in [2.45, 2.75) is 57.0 Å². The van der Waals surface area contributed by atoms with Gasteiger partial charge >= 0.3 is 0 Å². The van der Waals surface area contributed by atoms with Gasteiger partial charge in [0.1, 0.15) is 0 Å². The van der Waals surface area contributed by atoms with Gasteiger partial charge in [-0.15, -0.1) is 0 Å². The van der Waals surface area contributed by atoms with Crippen molar-refractivity contribution in [3.63, 3.8) is 0 Å². The van der Waals surface area contributed by atoms with E-state index in [4.69, 9.17) is 10.5 Å². The first-order chi connectivity index (χ1) is 6.85. The number of hydrogen-bond acceptors (Lipinski definition) is 2. The van der Waals surface area contributed by atoms with E-state index in [2.05, 4.69) is 0 Å². The van der Waals surface area contributed by atoms with Crippen LogP contribution in [-0.4, -0.2) is 18.8 Å². The third kappa shape index (κ3) is 2.29. The first-order valence-corrected chi connectivity index (χ1v) is 6.19. The van der Waals surface area contributed by atoms with Crippen LogP contribution in [0.25, 0.3) is 0 Å². The van der Waals surface area contributed by atoms with Crippen LogP contribution in [0, 0.1) is 5.92 Å². The molecule has 82 valence electrons. The van der Waals surface area contributed by atoms with Crippen LogP contribution < -0.4 is 5.73 Å². The lowest BCUT2D eigenvalue weighted by molar-refractivity contribution is -0.108. The molecule has 0 heterocycles. The lowest BCUT2D eigenvalue weighted by Gasteiger charge is -2.42. The zero-order valence-electron chi connectivity index (χ0n) is 9.13. The molecule has 0 aromatic heterocycles. The first kappa shape index (κ1) is 10.4. The summed E-state index contributed by atoms with van der Waals surface area (Å²) >= 11 is 0. The summed E-state index contributed by atoms with van der Waals surface area (Å²) in [4.78, 5) is 0. The summed E-state index contributed by atoms with van der Waals surface area (Å²) in [7, 11) is 0. The van der Waals surface area contributed by atoms with E-state index in [0.29, 0.717) is 0 Å². The van der Waals surface area contributed by atoms with Crippen molar-refractivity contribution in [2.24, 2.45) is 11.7 Å². The molecular formula is C12H23NO. The Morgan fingerprint density at radius 2 is 2.00 bits per heavy atom. The Kier molecular flexibility index (Phi) is 3.45. The second kappa shape index (κ2) is 4.63. The van der Waals surface area contributed by atoms with Gasteiger partial charge in [-0.25, -0.2) is 0 Å². The van der Waals surface area contributed by atoms with Crippen LogP contribution in [0.15, 0.2) is 0 Å². The predicted molar refractivity (Wildman–Crippen MR) is 58.2 cm³/mol. The van der Waals surface area contributed by atoms with E-state index in [1.54, 1.807) is 0 Å². The summed E-state index contributed by atoms with van der Waals surface area (Å²) in [6.45, 7) is 1.76. The minimum Gasteiger partial charge on any atom is -0.375 e. The molecule has 0 radical (unpaired) electrons. The Balaban J connectivity index is 1.61. The van der Waals surface area contributed by atoms with E-state index in [1.165, 1.54) is 44.9 Å². The van der Waals surface area contributed by atoms with Crippen LogP contribution in [0.4, 0.5) is 0 Å². The molecule has 2 saturated carbocycles. The third-order valence-corrected chi connectivity index (χ3v) is 4.02. The van der Waals surface area contributed by atoms with E-state index in [9.17, 15) is 0 Å². The monoisotopic (exact) mass is 197 g/mol. The second-order valence-corrected chi connectivity index (χ2v) is 5.01. The maximum Gasteiger partial charge on any atom is 0.0694 e. The SMILES string of the molecule is NCCC1(OCCC2CCC2)CCC1. The highest BCUT2D eigenvalue weighted by Gasteiger charge is 2.37. The van der Waals surface area contributed by atoms with Crippen molar-refractivity contribution >= 4 is 0 Å². The molecule has 0 saturated heterocycles. The molecule has 0 aromatic carbocycles. The molecule has 0 aliphatic heterocycles. The topological polar surface area (TPSA) is 35.2 Å². The van der Waals surface area contributed by atoms with Crippen molar-refractivity contribution in [1.29, 1.82) is 0 Å². The van der Waals surface area contributed by atoms with Gasteiger partial charge in [0.25, 0.3) is 0 Å². The number of nitrogens with two attached hydrogens (primary N) is 1. The summed E-state index contributed by atoms with van der Waals surface area (Å²) in [5, 5.41) is 0. The van der Waals surface area contributed by atoms with Crippen LogP contribution in [-0.2, 0) is 4.74 Å². The fourth-order valence-corrected chi connectivity index (χ4v) is 2.52. The van der Waals surface area contributed by atoms with Crippen LogP contribution in [0.3, 0.4) is 0 Å². The highest BCUT2D eigenvalue weighted by molar-refractivity contribution is 4.90. The number of rotatable bonds is 6. The van der Waals surface area contributed by atoms with Crippen molar-refractivity contribution < 1.29 is 4.74 Å². The normalized spacial score (nSPS) is 25.5. The van der Waals surface area contributed by atoms with Crippen molar-refractivity contribution in [3.05, 3.63) is 0 Å². The molecule has 2 rings (SSSR count). The summed E-state index contributed by atoms with van der Waals surface area (Å²) in [5.41, 5.74) is 5.82. The van der Waals surface area contributed by atoms with Gasteiger partial charge in [-0.2, -0.15) is 0 Å². The molecule has 2 nitrogen and oxygen atoms in total. The Bertz CT molecular complexity index is 173. The molecule has 0 aromatic rings. The van der Waals surface area contributed by atoms with E-state index >= 15 is 0 Å². The van der Waals surface area contributed by atoms with Crippen molar-refractivity contribution in [3.8, 4) is 0 Å². The van der Waals surface area contributed by atoms with Gasteiger partial charge < -0.3 is 10.5 Å². The Labute approximate surface area is 87.2 Å². The minimum atomic E-state index is 0.207. The molecule has 2 fully saturated rings. The molecule has 0 unspecified atom stereocenters. The smallest absolute Gasteiger partial charge is 0.0694 e. The Hall–Kier alpha value is -0.0800. The molecular weight excluding hydrogens is 174 g/mol. The zero-order valence-corrected chi connectivity index (χ0v) is 9.13. The fourth-order valence-electron chi connectivity index (χ4n) is 2.52. The highest BCUT2D eigenvalue weighted by Crippen LogP contribution is 2.39. The summed E-state index contributed by atoms with van der Waals surface area (Å²) < 4.78 is 6.03. The van der Waals surface area contributed by atoms with E-state index in [0.717, 1.165) is 25.5 Å². The van der Waals surface area contributed by atoms with Gasteiger partial charge in [0.05, 0.1) is 5.60 Å². The summed E-state index contributed by atoms with van der Waals surface area (Å²) in [6.07, 6.45) is 10.5. The number of hydrogen-bond donors (Lipinski definition) is 1. The molecule has 2 aliphatic carbocycles. The largest absolute Gasteiger partial charge is 0.375 e. The second-order valence-electron chi connectivity index (χ2n) is 5.01.